The van der Waals surface area contributed by atoms with Gasteiger partial charge in [-0.15, -0.1) is 15.3 Å². The Labute approximate surface area is 153 Å². The summed E-state index contributed by atoms with van der Waals surface area (Å²) >= 11 is 0. The molecule has 138 valence electrons. The highest BCUT2D eigenvalue weighted by Crippen LogP contribution is 2.26. The average molecular weight is 354 g/mol. The van der Waals surface area contributed by atoms with Crippen molar-refractivity contribution < 1.29 is 4.42 Å². The number of nitrogens with one attached hydrogen (secondary N) is 1. The number of likely N-dealkylation sites (tertiary alicyclic amines) is 1. The smallest absolute Gasteiger partial charge is 0.178 e. The highest BCUT2D eigenvalue weighted by Gasteiger charge is 2.26. The van der Waals surface area contributed by atoms with Crippen molar-refractivity contribution >= 4 is 11.5 Å². The van der Waals surface area contributed by atoms with Crippen molar-refractivity contribution in [3.63, 3.8) is 0 Å². The van der Waals surface area contributed by atoms with E-state index in [0.717, 1.165) is 42.7 Å². The van der Waals surface area contributed by atoms with Gasteiger partial charge in [-0.1, -0.05) is 20.8 Å². The topological polar surface area (TPSA) is 71.5 Å². The Kier molecular flexibility index (Phi) is 4.40. The second-order valence-corrected chi connectivity index (χ2v) is 7.92. The molecular weight excluding hydrogens is 328 g/mol. The molecule has 4 rings (SSSR count). The molecule has 7 nitrogen and oxygen atoms in total. The van der Waals surface area contributed by atoms with Crippen LogP contribution in [-0.2, 0) is 5.41 Å². The van der Waals surface area contributed by atoms with Gasteiger partial charge >= 0.3 is 0 Å². The van der Waals surface area contributed by atoms with Gasteiger partial charge < -0.3 is 9.73 Å². The van der Waals surface area contributed by atoms with Gasteiger partial charge in [0.1, 0.15) is 11.6 Å². The lowest BCUT2D eigenvalue weighted by Crippen LogP contribution is -2.31. The summed E-state index contributed by atoms with van der Waals surface area (Å²) < 4.78 is 7.52. The molecular formula is C19H26N6O. The normalized spacial score (nSPS) is 17.0. The first-order chi connectivity index (χ1) is 12.5. The molecule has 1 N–H and O–H groups in total. The van der Waals surface area contributed by atoms with Gasteiger partial charge in [-0.25, -0.2) is 0 Å². The molecule has 1 fully saturated rings. The summed E-state index contributed by atoms with van der Waals surface area (Å²) in [5.41, 5.74) is 0.653. The molecule has 3 aromatic rings. The van der Waals surface area contributed by atoms with Crippen LogP contribution >= 0.6 is 0 Å². The largest absolute Gasteiger partial charge is 0.468 e. The lowest BCUT2D eigenvalue weighted by molar-refractivity contribution is 0.225. The quantitative estimate of drug-likeness (QED) is 0.758. The lowest BCUT2D eigenvalue weighted by Gasteiger charge is -2.26. The minimum Gasteiger partial charge on any atom is -0.468 e. The average Bonchev–Trinajstić information content (AvgIpc) is 3.36. The molecule has 26 heavy (non-hydrogen) atoms. The molecule has 1 atom stereocenters. The molecule has 3 aromatic heterocycles. The summed E-state index contributed by atoms with van der Waals surface area (Å²) in [5.74, 6) is 2.68. The maximum Gasteiger partial charge on any atom is 0.178 e. The molecule has 0 spiro atoms. The summed E-state index contributed by atoms with van der Waals surface area (Å²) in [6.45, 7) is 9.32. The Hall–Kier alpha value is -2.41. The zero-order valence-electron chi connectivity index (χ0n) is 15.6. The highest BCUT2D eigenvalue weighted by molar-refractivity contribution is 5.44. The van der Waals surface area contributed by atoms with E-state index in [9.17, 15) is 0 Å². The number of furan rings is 1. The number of nitrogens with zero attached hydrogens (tertiary/aromatic N) is 5. The van der Waals surface area contributed by atoms with Crippen LogP contribution in [0.5, 0.6) is 0 Å². The van der Waals surface area contributed by atoms with Crippen LogP contribution in [0.1, 0.15) is 51.2 Å². The van der Waals surface area contributed by atoms with Gasteiger partial charge in [0.25, 0.3) is 0 Å². The molecule has 0 bridgehead atoms. The van der Waals surface area contributed by atoms with Crippen molar-refractivity contribution in [1.29, 1.82) is 0 Å². The van der Waals surface area contributed by atoms with Gasteiger partial charge in [0.05, 0.1) is 12.3 Å². The number of aromatic nitrogens is 4. The first kappa shape index (κ1) is 17.0. The van der Waals surface area contributed by atoms with Crippen LogP contribution < -0.4 is 5.32 Å². The van der Waals surface area contributed by atoms with Gasteiger partial charge in [0.15, 0.2) is 11.5 Å². The third-order valence-corrected chi connectivity index (χ3v) is 4.86. The van der Waals surface area contributed by atoms with Crippen LogP contribution in [0.25, 0.3) is 5.65 Å². The summed E-state index contributed by atoms with van der Waals surface area (Å²) in [5, 5.41) is 16.7. The Morgan fingerprint density at radius 3 is 2.65 bits per heavy atom. The van der Waals surface area contributed by atoms with E-state index in [2.05, 4.69) is 47.3 Å². The maximum absolute atomic E-state index is 5.69. The Morgan fingerprint density at radius 1 is 1.15 bits per heavy atom. The van der Waals surface area contributed by atoms with Crippen molar-refractivity contribution in [1.82, 2.24) is 24.7 Å². The van der Waals surface area contributed by atoms with Gasteiger partial charge in [-0.05, 0) is 50.2 Å². The van der Waals surface area contributed by atoms with Crippen molar-refractivity contribution in [3.8, 4) is 0 Å². The summed E-state index contributed by atoms with van der Waals surface area (Å²) in [4.78, 5) is 2.48. The van der Waals surface area contributed by atoms with Gasteiger partial charge in [0, 0.05) is 12.0 Å². The summed E-state index contributed by atoms with van der Waals surface area (Å²) in [6, 6.07) is 8.14. The fourth-order valence-electron chi connectivity index (χ4n) is 3.50. The minimum absolute atomic E-state index is 0.114. The second-order valence-electron chi connectivity index (χ2n) is 7.92. The second kappa shape index (κ2) is 6.72. The SMILES string of the molecule is CC(C)(C)c1nnc2ccc(NCC(c3ccco3)N3CCCC3)nn12. The fourth-order valence-corrected chi connectivity index (χ4v) is 3.50. The molecule has 1 aliphatic rings. The number of hydrogen-bond acceptors (Lipinski definition) is 6. The third kappa shape index (κ3) is 3.31. The van der Waals surface area contributed by atoms with E-state index >= 15 is 0 Å². The molecule has 0 amide bonds. The van der Waals surface area contributed by atoms with Crippen LogP contribution in [-0.4, -0.2) is 44.3 Å². The Bertz CT molecular complexity index is 858. The zero-order chi connectivity index (χ0) is 18.1. The minimum atomic E-state index is -0.114. The molecule has 4 heterocycles. The van der Waals surface area contributed by atoms with E-state index in [1.807, 2.05) is 22.7 Å². The van der Waals surface area contributed by atoms with E-state index < -0.39 is 0 Å². The number of rotatable bonds is 5. The first-order valence-corrected chi connectivity index (χ1v) is 9.27. The monoisotopic (exact) mass is 354 g/mol. The molecule has 7 heteroatoms. The van der Waals surface area contributed by atoms with E-state index in [-0.39, 0.29) is 11.5 Å². The van der Waals surface area contributed by atoms with E-state index in [1.54, 1.807) is 6.26 Å². The van der Waals surface area contributed by atoms with Crippen molar-refractivity contribution in [2.75, 3.05) is 25.0 Å². The van der Waals surface area contributed by atoms with E-state index in [4.69, 9.17) is 9.52 Å². The number of anilines is 1. The van der Waals surface area contributed by atoms with Crippen LogP contribution in [0.3, 0.4) is 0 Å². The third-order valence-electron chi connectivity index (χ3n) is 4.86. The summed E-state index contributed by atoms with van der Waals surface area (Å²) in [6.07, 6.45) is 4.24. The van der Waals surface area contributed by atoms with Gasteiger partial charge in [-0.2, -0.15) is 4.52 Å². The zero-order valence-corrected chi connectivity index (χ0v) is 15.6. The molecule has 0 saturated carbocycles. The predicted molar refractivity (Wildman–Crippen MR) is 100 cm³/mol. The van der Waals surface area contributed by atoms with Crippen LogP contribution in [0, 0.1) is 0 Å². The highest BCUT2D eigenvalue weighted by atomic mass is 16.3. The van der Waals surface area contributed by atoms with Crippen molar-refractivity contribution in [3.05, 3.63) is 42.1 Å². The van der Waals surface area contributed by atoms with Gasteiger partial charge in [-0.3, -0.25) is 4.90 Å². The Morgan fingerprint density at radius 2 is 1.96 bits per heavy atom. The van der Waals surface area contributed by atoms with Crippen molar-refractivity contribution in [2.45, 2.75) is 45.1 Å². The fraction of sp³-hybridized carbons (Fsp3) is 0.526. The summed E-state index contributed by atoms with van der Waals surface area (Å²) in [7, 11) is 0. The molecule has 0 radical (unpaired) electrons. The molecule has 1 unspecified atom stereocenters. The molecule has 0 aromatic carbocycles. The number of hydrogen-bond donors (Lipinski definition) is 1. The first-order valence-electron chi connectivity index (χ1n) is 9.27. The van der Waals surface area contributed by atoms with Gasteiger partial charge in [0.2, 0.25) is 0 Å². The molecule has 0 aliphatic carbocycles. The van der Waals surface area contributed by atoms with Crippen LogP contribution in [0.4, 0.5) is 5.82 Å². The number of fused-ring (bicyclic) bond motifs is 1. The molecule has 1 saturated heterocycles. The Balaban J connectivity index is 1.56. The molecule has 1 aliphatic heterocycles. The maximum atomic E-state index is 5.69. The standard InChI is InChI=1S/C19H26N6O/c1-19(2,3)18-22-21-17-9-8-16(23-25(17)18)20-13-14(15-7-6-12-26-15)24-10-4-5-11-24/h6-9,12,14H,4-5,10-11,13H2,1-3H3,(H,20,23). The van der Waals surface area contributed by atoms with Crippen LogP contribution in [0.15, 0.2) is 34.9 Å². The van der Waals surface area contributed by atoms with E-state index in [0.29, 0.717) is 0 Å². The predicted octanol–water partition coefficient (Wildman–Crippen LogP) is 3.26. The van der Waals surface area contributed by atoms with Crippen LogP contribution in [0.2, 0.25) is 0 Å². The van der Waals surface area contributed by atoms with E-state index in [1.165, 1.54) is 12.8 Å². The lowest BCUT2D eigenvalue weighted by atomic mass is 9.96. The van der Waals surface area contributed by atoms with Crippen molar-refractivity contribution in [2.24, 2.45) is 0 Å².